The Hall–Kier alpha value is -1.06. The van der Waals surface area contributed by atoms with Crippen molar-refractivity contribution in [1.29, 1.82) is 0 Å². The number of carboxylic acids is 1. The van der Waals surface area contributed by atoms with E-state index < -0.39 is 5.97 Å². The van der Waals surface area contributed by atoms with Gasteiger partial charge in [-0.2, -0.15) is 0 Å². The van der Waals surface area contributed by atoms with E-state index in [0.29, 0.717) is 6.54 Å². The molecule has 1 unspecified atom stereocenters. The molecule has 1 saturated carbocycles. The molecule has 0 spiro atoms. The van der Waals surface area contributed by atoms with E-state index >= 15 is 0 Å². The molecule has 16 heavy (non-hydrogen) atoms. The number of amides is 1. The Kier molecular flexibility index (Phi) is 5.29. The first kappa shape index (κ1) is 13.0. The third-order valence-corrected chi connectivity index (χ3v) is 3.33. The minimum absolute atomic E-state index is 0.0582. The van der Waals surface area contributed by atoms with E-state index in [2.05, 4.69) is 5.32 Å². The van der Waals surface area contributed by atoms with E-state index in [1.54, 1.807) is 0 Å². The molecule has 0 heterocycles. The van der Waals surface area contributed by atoms with Crippen molar-refractivity contribution >= 4 is 11.9 Å². The van der Waals surface area contributed by atoms with Gasteiger partial charge in [0.05, 0.1) is 0 Å². The lowest BCUT2D eigenvalue weighted by Crippen LogP contribution is -2.34. The monoisotopic (exact) mass is 227 g/mol. The van der Waals surface area contributed by atoms with Crippen LogP contribution >= 0.6 is 0 Å². The molecule has 2 N–H and O–H groups in total. The molecular formula is C12H21NO3. The van der Waals surface area contributed by atoms with Crippen molar-refractivity contribution in [3.8, 4) is 0 Å². The molecular weight excluding hydrogens is 206 g/mol. The van der Waals surface area contributed by atoms with E-state index in [1.165, 1.54) is 0 Å². The number of nitrogens with one attached hydrogen (secondary N) is 1. The average Bonchev–Trinajstić information content (AvgIpc) is 2.76. The Balaban J connectivity index is 2.25. The molecule has 92 valence electrons. The molecule has 4 heteroatoms. The van der Waals surface area contributed by atoms with Crippen LogP contribution in [0.5, 0.6) is 0 Å². The van der Waals surface area contributed by atoms with Crippen LogP contribution in [-0.2, 0) is 9.59 Å². The fourth-order valence-electron chi connectivity index (χ4n) is 2.19. The van der Waals surface area contributed by atoms with Crippen LogP contribution in [0.2, 0.25) is 0 Å². The summed E-state index contributed by atoms with van der Waals surface area (Å²) in [6.45, 7) is 2.45. The van der Waals surface area contributed by atoms with Crippen molar-refractivity contribution < 1.29 is 14.7 Å². The highest BCUT2D eigenvalue weighted by Crippen LogP contribution is 2.24. The first-order chi connectivity index (χ1) is 7.63. The summed E-state index contributed by atoms with van der Waals surface area (Å²) in [6.07, 6.45) is 5.19. The van der Waals surface area contributed by atoms with Gasteiger partial charge < -0.3 is 10.4 Å². The molecule has 1 aliphatic carbocycles. The average molecular weight is 227 g/mol. The number of rotatable bonds is 6. The second-order valence-electron chi connectivity index (χ2n) is 4.60. The van der Waals surface area contributed by atoms with Crippen LogP contribution < -0.4 is 5.32 Å². The summed E-state index contributed by atoms with van der Waals surface area (Å²) in [4.78, 5) is 22.2. The number of carboxylic acid groups (broad SMARTS) is 1. The normalized spacial score (nSPS) is 18.3. The van der Waals surface area contributed by atoms with Crippen molar-refractivity contribution in [2.45, 2.75) is 45.4 Å². The third kappa shape index (κ3) is 4.21. The van der Waals surface area contributed by atoms with E-state index in [0.717, 1.165) is 32.1 Å². The minimum atomic E-state index is -0.790. The predicted molar refractivity (Wildman–Crippen MR) is 61.0 cm³/mol. The third-order valence-electron chi connectivity index (χ3n) is 3.33. The molecule has 0 saturated heterocycles. The molecule has 1 aliphatic rings. The van der Waals surface area contributed by atoms with E-state index in [-0.39, 0.29) is 24.2 Å². The minimum Gasteiger partial charge on any atom is -0.481 e. The van der Waals surface area contributed by atoms with Crippen LogP contribution in [0.15, 0.2) is 0 Å². The zero-order valence-electron chi connectivity index (χ0n) is 9.87. The Bertz CT molecular complexity index is 247. The maximum atomic E-state index is 11.7. The zero-order chi connectivity index (χ0) is 12.0. The van der Waals surface area contributed by atoms with Crippen LogP contribution in [0.3, 0.4) is 0 Å². The fourth-order valence-corrected chi connectivity index (χ4v) is 2.19. The van der Waals surface area contributed by atoms with Crippen molar-refractivity contribution in [2.24, 2.45) is 11.8 Å². The van der Waals surface area contributed by atoms with Gasteiger partial charge in [0.1, 0.15) is 0 Å². The van der Waals surface area contributed by atoms with Gasteiger partial charge in [0, 0.05) is 18.9 Å². The first-order valence-corrected chi connectivity index (χ1v) is 6.13. The quantitative estimate of drug-likeness (QED) is 0.727. The maximum Gasteiger partial charge on any atom is 0.303 e. The number of hydrogen-bond donors (Lipinski definition) is 2. The summed E-state index contributed by atoms with van der Waals surface area (Å²) in [7, 11) is 0. The summed E-state index contributed by atoms with van der Waals surface area (Å²) in [5.41, 5.74) is 0. The Morgan fingerprint density at radius 3 is 2.50 bits per heavy atom. The smallest absolute Gasteiger partial charge is 0.303 e. The molecule has 1 fully saturated rings. The highest BCUT2D eigenvalue weighted by atomic mass is 16.4. The number of carbonyl (C=O) groups excluding carboxylic acids is 1. The van der Waals surface area contributed by atoms with Gasteiger partial charge in [0.2, 0.25) is 5.91 Å². The van der Waals surface area contributed by atoms with Crippen LogP contribution in [-0.4, -0.2) is 23.5 Å². The summed E-state index contributed by atoms with van der Waals surface area (Å²) < 4.78 is 0. The Morgan fingerprint density at radius 2 is 2.00 bits per heavy atom. The van der Waals surface area contributed by atoms with Gasteiger partial charge in [0.25, 0.3) is 0 Å². The number of aliphatic carboxylic acids is 1. The lowest BCUT2D eigenvalue weighted by molar-refractivity contribution is -0.138. The van der Waals surface area contributed by atoms with Gasteiger partial charge in [-0.3, -0.25) is 9.59 Å². The van der Waals surface area contributed by atoms with Crippen LogP contribution in [0.1, 0.15) is 45.4 Å². The van der Waals surface area contributed by atoms with Crippen LogP contribution in [0.4, 0.5) is 0 Å². The molecule has 0 bridgehead atoms. The van der Waals surface area contributed by atoms with Crippen LogP contribution in [0, 0.1) is 11.8 Å². The fraction of sp³-hybridized carbons (Fsp3) is 0.833. The summed E-state index contributed by atoms with van der Waals surface area (Å²) in [5.74, 6) is -0.450. The molecule has 1 rings (SSSR count). The highest BCUT2D eigenvalue weighted by Gasteiger charge is 2.23. The lowest BCUT2D eigenvalue weighted by atomic mass is 10.0. The molecule has 0 aromatic rings. The van der Waals surface area contributed by atoms with Gasteiger partial charge in [-0.1, -0.05) is 26.2 Å². The molecule has 4 nitrogen and oxygen atoms in total. The molecule has 0 aliphatic heterocycles. The molecule has 1 atom stereocenters. The number of hydrogen-bond acceptors (Lipinski definition) is 2. The van der Waals surface area contributed by atoms with Crippen molar-refractivity contribution in [3.63, 3.8) is 0 Å². The summed E-state index contributed by atoms with van der Waals surface area (Å²) in [6, 6.07) is 0. The van der Waals surface area contributed by atoms with Gasteiger partial charge in [-0.05, 0) is 18.8 Å². The predicted octanol–water partition coefficient (Wildman–Crippen LogP) is 1.79. The SMILES string of the molecule is CCC(CNC(=O)C1CCCC1)CC(=O)O. The van der Waals surface area contributed by atoms with Gasteiger partial charge in [0.15, 0.2) is 0 Å². The summed E-state index contributed by atoms with van der Waals surface area (Å²) in [5, 5.41) is 11.6. The second-order valence-corrected chi connectivity index (χ2v) is 4.60. The molecule has 1 amide bonds. The largest absolute Gasteiger partial charge is 0.481 e. The summed E-state index contributed by atoms with van der Waals surface area (Å²) >= 11 is 0. The Morgan fingerprint density at radius 1 is 1.38 bits per heavy atom. The number of carbonyl (C=O) groups is 2. The lowest BCUT2D eigenvalue weighted by Gasteiger charge is -2.15. The Labute approximate surface area is 96.4 Å². The van der Waals surface area contributed by atoms with Gasteiger partial charge >= 0.3 is 5.97 Å². The maximum absolute atomic E-state index is 11.7. The molecule has 0 aromatic carbocycles. The van der Waals surface area contributed by atoms with E-state index in [4.69, 9.17) is 5.11 Å². The van der Waals surface area contributed by atoms with E-state index in [9.17, 15) is 9.59 Å². The van der Waals surface area contributed by atoms with Crippen molar-refractivity contribution in [1.82, 2.24) is 5.32 Å². The zero-order valence-corrected chi connectivity index (χ0v) is 9.87. The van der Waals surface area contributed by atoms with Crippen molar-refractivity contribution in [2.75, 3.05) is 6.54 Å². The van der Waals surface area contributed by atoms with Gasteiger partial charge in [-0.25, -0.2) is 0 Å². The van der Waals surface area contributed by atoms with Gasteiger partial charge in [-0.15, -0.1) is 0 Å². The topological polar surface area (TPSA) is 66.4 Å². The second kappa shape index (κ2) is 6.51. The highest BCUT2D eigenvalue weighted by molar-refractivity contribution is 5.78. The standard InChI is InChI=1S/C12H21NO3/c1-2-9(7-11(14)15)8-13-12(16)10-5-3-4-6-10/h9-10H,2-8H2,1H3,(H,13,16)(H,14,15). The molecule has 0 aromatic heterocycles. The van der Waals surface area contributed by atoms with Crippen LogP contribution in [0.25, 0.3) is 0 Å². The molecule has 0 radical (unpaired) electrons. The van der Waals surface area contributed by atoms with E-state index in [1.807, 2.05) is 6.92 Å². The first-order valence-electron chi connectivity index (χ1n) is 6.13. The van der Waals surface area contributed by atoms with Crippen molar-refractivity contribution in [3.05, 3.63) is 0 Å².